The molecule has 100 valence electrons. The Morgan fingerprint density at radius 1 is 1.50 bits per heavy atom. The van der Waals surface area contributed by atoms with Crippen LogP contribution in [0.1, 0.15) is 25.5 Å². The van der Waals surface area contributed by atoms with Gasteiger partial charge in [0.2, 0.25) is 0 Å². The van der Waals surface area contributed by atoms with Gasteiger partial charge in [0.1, 0.15) is 5.82 Å². The molecule has 1 aromatic heterocycles. The summed E-state index contributed by atoms with van der Waals surface area (Å²) in [6.45, 7) is 4.80. The SMILES string of the molecule is CNCc1cncc(N2CCCC(C)(OC)C2)n1. The zero-order chi connectivity index (χ0) is 13.0. The summed E-state index contributed by atoms with van der Waals surface area (Å²) in [6, 6.07) is 0. The molecule has 2 heterocycles. The molecule has 1 aliphatic heterocycles. The average Bonchev–Trinajstić information content (AvgIpc) is 2.40. The second-order valence-electron chi connectivity index (χ2n) is 5.08. The normalized spacial score (nSPS) is 24.3. The van der Waals surface area contributed by atoms with E-state index in [1.54, 1.807) is 13.3 Å². The predicted molar refractivity (Wildman–Crippen MR) is 71.7 cm³/mol. The lowest BCUT2D eigenvalue weighted by molar-refractivity contribution is -0.00483. The van der Waals surface area contributed by atoms with Crippen LogP contribution in [-0.2, 0) is 11.3 Å². The third-order valence-electron chi connectivity index (χ3n) is 3.51. The number of methoxy groups -OCH3 is 1. The first kappa shape index (κ1) is 13.2. The van der Waals surface area contributed by atoms with E-state index in [0.29, 0.717) is 0 Å². The summed E-state index contributed by atoms with van der Waals surface area (Å²) in [6.07, 6.45) is 5.87. The van der Waals surface area contributed by atoms with E-state index < -0.39 is 0 Å². The van der Waals surface area contributed by atoms with Gasteiger partial charge in [-0.2, -0.15) is 0 Å². The smallest absolute Gasteiger partial charge is 0.147 e. The van der Waals surface area contributed by atoms with Crippen molar-refractivity contribution in [1.29, 1.82) is 0 Å². The van der Waals surface area contributed by atoms with Crippen LogP contribution < -0.4 is 10.2 Å². The van der Waals surface area contributed by atoms with Crippen molar-refractivity contribution in [2.75, 3.05) is 32.1 Å². The molecule has 0 radical (unpaired) electrons. The highest BCUT2D eigenvalue weighted by molar-refractivity contribution is 5.37. The van der Waals surface area contributed by atoms with Crippen LogP contribution in [-0.4, -0.2) is 42.8 Å². The van der Waals surface area contributed by atoms with Crippen LogP contribution in [0.4, 0.5) is 5.82 Å². The molecule has 1 N–H and O–H groups in total. The third kappa shape index (κ3) is 2.97. The number of rotatable bonds is 4. The van der Waals surface area contributed by atoms with Crippen molar-refractivity contribution >= 4 is 5.82 Å². The minimum Gasteiger partial charge on any atom is -0.377 e. The van der Waals surface area contributed by atoms with E-state index in [9.17, 15) is 0 Å². The van der Waals surface area contributed by atoms with Gasteiger partial charge in [-0.25, -0.2) is 4.98 Å². The van der Waals surface area contributed by atoms with Crippen LogP contribution in [0.2, 0.25) is 0 Å². The largest absolute Gasteiger partial charge is 0.377 e. The number of anilines is 1. The Kier molecular flexibility index (Phi) is 4.14. The number of ether oxygens (including phenoxy) is 1. The summed E-state index contributed by atoms with van der Waals surface area (Å²) in [5.74, 6) is 0.950. The molecule has 18 heavy (non-hydrogen) atoms. The highest BCUT2D eigenvalue weighted by Gasteiger charge is 2.31. The van der Waals surface area contributed by atoms with Crippen LogP contribution in [0.5, 0.6) is 0 Å². The van der Waals surface area contributed by atoms with Gasteiger partial charge in [-0.1, -0.05) is 0 Å². The van der Waals surface area contributed by atoms with E-state index in [2.05, 4.69) is 27.1 Å². The summed E-state index contributed by atoms with van der Waals surface area (Å²) in [5, 5.41) is 3.10. The molecule has 0 amide bonds. The fraction of sp³-hybridized carbons (Fsp3) is 0.692. The van der Waals surface area contributed by atoms with Crippen LogP contribution in [0.25, 0.3) is 0 Å². The van der Waals surface area contributed by atoms with Crippen LogP contribution in [0, 0.1) is 0 Å². The topological polar surface area (TPSA) is 50.3 Å². The van der Waals surface area contributed by atoms with E-state index >= 15 is 0 Å². The summed E-state index contributed by atoms with van der Waals surface area (Å²) < 4.78 is 5.61. The lowest BCUT2D eigenvalue weighted by atomic mass is 9.95. The number of hydrogen-bond acceptors (Lipinski definition) is 5. The predicted octanol–water partition coefficient (Wildman–Crippen LogP) is 1.20. The van der Waals surface area contributed by atoms with Crippen molar-refractivity contribution in [3.05, 3.63) is 18.1 Å². The Balaban J connectivity index is 2.13. The maximum Gasteiger partial charge on any atom is 0.147 e. The zero-order valence-corrected chi connectivity index (χ0v) is 11.4. The van der Waals surface area contributed by atoms with Crippen molar-refractivity contribution in [2.45, 2.75) is 31.9 Å². The Hall–Kier alpha value is -1.20. The Bertz CT molecular complexity index is 398. The van der Waals surface area contributed by atoms with Crippen molar-refractivity contribution in [3.8, 4) is 0 Å². The van der Waals surface area contributed by atoms with Crippen LogP contribution >= 0.6 is 0 Å². The van der Waals surface area contributed by atoms with Gasteiger partial charge >= 0.3 is 0 Å². The molecule has 1 aromatic rings. The molecule has 0 bridgehead atoms. The Morgan fingerprint density at radius 3 is 3.06 bits per heavy atom. The summed E-state index contributed by atoms with van der Waals surface area (Å²) >= 11 is 0. The molecule has 5 heteroatoms. The number of nitrogens with zero attached hydrogens (tertiary/aromatic N) is 3. The average molecular weight is 250 g/mol. The minimum absolute atomic E-state index is 0.0705. The van der Waals surface area contributed by atoms with Gasteiger partial charge in [0.15, 0.2) is 0 Å². The Labute approximate surface area is 109 Å². The van der Waals surface area contributed by atoms with E-state index in [4.69, 9.17) is 4.74 Å². The maximum absolute atomic E-state index is 5.61. The first-order chi connectivity index (χ1) is 8.67. The first-order valence-electron chi connectivity index (χ1n) is 6.42. The summed E-state index contributed by atoms with van der Waals surface area (Å²) in [4.78, 5) is 11.2. The molecule has 1 fully saturated rings. The molecule has 0 saturated carbocycles. The molecule has 0 spiro atoms. The minimum atomic E-state index is -0.0705. The summed E-state index contributed by atoms with van der Waals surface area (Å²) in [7, 11) is 3.70. The second kappa shape index (κ2) is 5.63. The number of piperidine rings is 1. The van der Waals surface area contributed by atoms with Gasteiger partial charge in [-0.3, -0.25) is 4.98 Å². The fourth-order valence-electron chi connectivity index (χ4n) is 2.38. The van der Waals surface area contributed by atoms with Crippen molar-refractivity contribution in [3.63, 3.8) is 0 Å². The molecular formula is C13H22N4O. The van der Waals surface area contributed by atoms with Gasteiger partial charge < -0.3 is 15.0 Å². The van der Waals surface area contributed by atoms with Gasteiger partial charge in [-0.05, 0) is 26.8 Å². The number of aromatic nitrogens is 2. The van der Waals surface area contributed by atoms with Crippen molar-refractivity contribution in [2.24, 2.45) is 0 Å². The van der Waals surface area contributed by atoms with Gasteiger partial charge in [0, 0.05) is 32.9 Å². The van der Waals surface area contributed by atoms with Crippen LogP contribution in [0.15, 0.2) is 12.4 Å². The number of nitrogens with one attached hydrogen (secondary N) is 1. The maximum atomic E-state index is 5.61. The van der Waals surface area contributed by atoms with E-state index in [1.165, 1.54) is 0 Å². The van der Waals surface area contributed by atoms with Crippen LogP contribution in [0.3, 0.4) is 0 Å². The molecule has 0 aliphatic carbocycles. The molecular weight excluding hydrogens is 228 g/mol. The lowest BCUT2D eigenvalue weighted by Gasteiger charge is -2.40. The Morgan fingerprint density at radius 2 is 2.33 bits per heavy atom. The highest BCUT2D eigenvalue weighted by atomic mass is 16.5. The fourth-order valence-corrected chi connectivity index (χ4v) is 2.38. The molecule has 1 unspecified atom stereocenters. The monoisotopic (exact) mass is 250 g/mol. The molecule has 0 aromatic carbocycles. The van der Waals surface area contributed by atoms with E-state index in [0.717, 1.165) is 44.0 Å². The van der Waals surface area contributed by atoms with E-state index in [-0.39, 0.29) is 5.60 Å². The zero-order valence-electron chi connectivity index (χ0n) is 11.4. The first-order valence-corrected chi connectivity index (χ1v) is 6.42. The van der Waals surface area contributed by atoms with Gasteiger partial charge in [0.05, 0.1) is 17.5 Å². The molecule has 1 aliphatic rings. The van der Waals surface area contributed by atoms with Gasteiger partial charge in [-0.15, -0.1) is 0 Å². The number of hydrogen-bond donors (Lipinski definition) is 1. The second-order valence-corrected chi connectivity index (χ2v) is 5.08. The third-order valence-corrected chi connectivity index (χ3v) is 3.51. The lowest BCUT2D eigenvalue weighted by Crippen LogP contribution is -2.47. The summed E-state index contributed by atoms with van der Waals surface area (Å²) in [5.41, 5.74) is 0.901. The molecule has 1 saturated heterocycles. The highest BCUT2D eigenvalue weighted by Crippen LogP contribution is 2.26. The van der Waals surface area contributed by atoms with Crippen molar-refractivity contribution < 1.29 is 4.74 Å². The quantitative estimate of drug-likeness (QED) is 0.870. The van der Waals surface area contributed by atoms with Gasteiger partial charge in [0.25, 0.3) is 0 Å². The molecule has 5 nitrogen and oxygen atoms in total. The molecule has 2 rings (SSSR count). The molecule has 1 atom stereocenters. The van der Waals surface area contributed by atoms with E-state index in [1.807, 2.05) is 13.2 Å². The standard InChI is InChI=1S/C13H22N4O/c1-13(18-3)5-4-6-17(10-13)12-9-15-8-11(16-12)7-14-2/h8-9,14H,4-7,10H2,1-3H3. The van der Waals surface area contributed by atoms with Crippen molar-refractivity contribution in [1.82, 2.24) is 15.3 Å².